The zero-order valence-electron chi connectivity index (χ0n) is 17.6. The number of nitrogens with zero attached hydrogens (tertiary/aromatic N) is 2. The summed E-state index contributed by atoms with van der Waals surface area (Å²) in [5, 5.41) is 2.70. The Morgan fingerprint density at radius 2 is 1.66 bits per heavy atom. The SMILES string of the molecule is CCN(Cc1ccc(N(C)C)cc1)C(=O)CCCNC(=O)OCc1ccccc1. The highest BCUT2D eigenvalue weighted by atomic mass is 16.5. The van der Waals surface area contributed by atoms with Gasteiger partial charge in [-0.05, 0) is 36.6 Å². The number of carbonyl (C=O) groups is 2. The van der Waals surface area contributed by atoms with Crippen LogP contribution in [0.5, 0.6) is 0 Å². The van der Waals surface area contributed by atoms with Crippen molar-refractivity contribution in [2.24, 2.45) is 0 Å². The van der Waals surface area contributed by atoms with Crippen molar-refractivity contribution in [1.82, 2.24) is 10.2 Å². The number of rotatable bonds is 10. The second-order valence-corrected chi connectivity index (χ2v) is 7.06. The fraction of sp³-hybridized carbons (Fsp3) is 0.391. The molecule has 2 aromatic rings. The zero-order chi connectivity index (χ0) is 21.1. The summed E-state index contributed by atoms with van der Waals surface area (Å²) in [4.78, 5) is 28.1. The van der Waals surface area contributed by atoms with Crippen molar-refractivity contribution in [2.45, 2.75) is 32.9 Å². The highest BCUT2D eigenvalue weighted by molar-refractivity contribution is 5.76. The Bertz CT molecular complexity index is 761. The van der Waals surface area contributed by atoms with Crippen LogP contribution in [0.1, 0.15) is 30.9 Å². The van der Waals surface area contributed by atoms with Crippen molar-refractivity contribution >= 4 is 17.7 Å². The van der Waals surface area contributed by atoms with Crippen LogP contribution in [0.25, 0.3) is 0 Å². The minimum Gasteiger partial charge on any atom is -0.445 e. The summed E-state index contributed by atoms with van der Waals surface area (Å²) < 4.78 is 5.16. The molecule has 6 heteroatoms. The lowest BCUT2D eigenvalue weighted by Gasteiger charge is -2.21. The van der Waals surface area contributed by atoms with E-state index in [9.17, 15) is 9.59 Å². The molecule has 156 valence electrons. The Morgan fingerprint density at radius 3 is 2.28 bits per heavy atom. The molecule has 0 spiro atoms. The van der Waals surface area contributed by atoms with E-state index in [-0.39, 0.29) is 12.5 Å². The first-order valence-corrected chi connectivity index (χ1v) is 9.98. The summed E-state index contributed by atoms with van der Waals surface area (Å²) in [6.07, 6.45) is 0.507. The second kappa shape index (κ2) is 11.7. The highest BCUT2D eigenvalue weighted by Crippen LogP contribution is 2.14. The van der Waals surface area contributed by atoms with Gasteiger partial charge < -0.3 is 19.9 Å². The molecule has 0 aliphatic carbocycles. The van der Waals surface area contributed by atoms with Gasteiger partial charge in [0.25, 0.3) is 0 Å². The zero-order valence-corrected chi connectivity index (χ0v) is 17.6. The van der Waals surface area contributed by atoms with Crippen LogP contribution in [0.4, 0.5) is 10.5 Å². The van der Waals surface area contributed by atoms with Gasteiger partial charge in [-0.15, -0.1) is 0 Å². The van der Waals surface area contributed by atoms with E-state index in [2.05, 4.69) is 29.6 Å². The van der Waals surface area contributed by atoms with Crippen LogP contribution in [-0.4, -0.2) is 44.1 Å². The van der Waals surface area contributed by atoms with Crippen molar-refractivity contribution in [3.8, 4) is 0 Å². The van der Waals surface area contributed by atoms with Crippen molar-refractivity contribution in [1.29, 1.82) is 0 Å². The van der Waals surface area contributed by atoms with Crippen LogP contribution in [0.2, 0.25) is 0 Å². The number of nitrogens with one attached hydrogen (secondary N) is 1. The molecule has 0 heterocycles. The van der Waals surface area contributed by atoms with E-state index in [1.54, 1.807) is 0 Å². The molecule has 2 amide bonds. The van der Waals surface area contributed by atoms with Crippen molar-refractivity contribution < 1.29 is 14.3 Å². The van der Waals surface area contributed by atoms with Gasteiger partial charge in [-0.3, -0.25) is 4.79 Å². The summed E-state index contributed by atoms with van der Waals surface area (Å²) in [5.41, 5.74) is 3.18. The number of amides is 2. The minimum atomic E-state index is -0.463. The number of anilines is 1. The maximum absolute atomic E-state index is 12.5. The quantitative estimate of drug-likeness (QED) is 0.620. The van der Waals surface area contributed by atoms with E-state index in [4.69, 9.17) is 4.74 Å². The third kappa shape index (κ3) is 7.86. The lowest BCUT2D eigenvalue weighted by atomic mass is 10.1. The van der Waals surface area contributed by atoms with E-state index in [0.29, 0.717) is 32.5 Å². The largest absolute Gasteiger partial charge is 0.445 e. The fourth-order valence-corrected chi connectivity index (χ4v) is 2.86. The normalized spacial score (nSPS) is 10.3. The number of benzene rings is 2. The smallest absolute Gasteiger partial charge is 0.407 e. The van der Waals surface area contributed by atoms with Crippen LogP contribution in [0.15, 0.2) is 54.6 Å². The lowest BCUT2D eigenvalue weighted by molar-refractivity contribution is -0.131. The maximum atomic E-state index is 12.5. The molecule has 0 radical (unpaired) electrons. The van der Waals surface area contributed by atoms with Crippen LogP contribution < -0.4 is 10.2 Å². The third-order valence-corrected chi connectivity index (χ3v) is 4.61. The Labute approximate surface area is 173 Å². The summed E-state index contributed by atoms with van der Waals surface area (Å²) in [6.45, 7) is 3.87. The molecule has 0 aliphatic heterocycles. The maximum Gasteiger partial charge on any atom is 0.407 e. The molecule has 0 saturated carbocycles. The molecular weight excluding hydrogens is 366 g/mol. The molecule has 2 rings (SSSR count). The Balaban J connectivity index is 1.67. The summed E-state index contributed by atoms with van der Waals surface area (Å²) >= 11 is 0. The van der Waals surface area contributed by atoms with E-state index >= 15 is 0 Å². The van der Waals surface area contributed by atoms with Gasteiger partial charge >= 0.3 is 6.09 Å². The first kappa shape index (κ1) is 22.3. The number of hydrogen-bond acceptors (Lipinski definition) is 4. The van der Waals surface area contributed by atoms with E-state index < -0.39 is 6.09 Å². The van der Waals surface area contributed by atoms with Gasteiger partial charge in [0.2, 0.25) is 5.91 Å². The monoisotopic (exact) mass is 397 g/mol. The van der Waals surface area contributed by atoms with Gasteiger partial charge in [0.15, 0.2) is 0 Å². The molecule has 0 unspecified atom stereocenters. The summed E-state index contributed by atoms with van der Waals surface area (Å²) in [6, 6.07) is 17.7. The Hall–Kier alpha value is -3.02. The molecule has 0 fully saturated rings. The minimum absolute atomic E-state index is 0.0867. The van der Waals surface area contributed by atoms with Crippen molar-refractivity contribution in [2.75, 3.05) is 32.1 Å². The highest BCUT2D eigenvalue weighted by Gasteiger charge is 2.12. The molecular formula is C23H31N3O3. The summed E-state index contributed by atoms with van der Waals surface area (Å²) in [5.74, 6) is 0.0867. The number of alkyl carbamates (subject to hydrolysis) is 1. The first-order valence-electron chi connectivity index (χ1n) is 9.98. The molecule has 2 aromatic carbocycles. The van der Waals surface area contributed by atoms with Crippen LogP contribution in [0.3, 0.4) is 0 Å². The van der Waals surface area contributed by atoms with Crippen molar-refractivity contribution in [3.05, 3.63) is 65.7 Å². The van der Waals surface area contributed by atoms with Crippen LogP contribution in [-0.2, 0) is 22.7 Å². The molecule has 0 aromatic heterocycles. The molecule has 0 atom stereocenters. The van der Waals surface area contributed by atoms with E-state index in [1.807, 2.05) is 61.2 Å². The predicted octanol–water partition coefficient (Wildman–Crippen LogP) is 3.81. The predicted molar refractivity (Wildman–Crippen MR) is 116 cm³/mol. The molecule has 29 heavy (non-hydrogen) atoms. The molecule has 6 nitrogen and oxygen atoms in total. The molecule has 1 N–H and O–H groups in total. The Morgan fingerprint density at radius 1 is 0.966 bits per heavy atom. The topological polar surface area (TPSA) is 61.9 Å². The molecule has 0 aliphatic rings. The number of ether oxygens (including phenoxy) is 1. The van der Waals surface area contributed by atoms with Gasteiger partial charge in [0, 0.05) is 45.8 Å². The number of carbonyl (C=O) groups excluding carboxylic acids is 2. The van der Waals surface area contributed by atoms with Gasteiger partial charge in [-0.25, -0.2) is 4.79 Å². The van der Waals surface area contributed by atoms with E-state index in [0.717, 1.165) is 16.8 Å². The average molecular weight is 398 g/mol. The van der Waals surface area contributed by atoms with Gasteiger partial charge in [0.1, 0.15) is 6.61 Å². The number of hydrogen-bond donors (Lipinski definition) is 1. The van der Waals surface area contributed by atoms with Gasteiger partial charge in [-0.1, -0.05) is 42.5 Å². The van der Waals surface area contributed by atoms with Gasteiger partial charge in [0.05, 0.1) is 0 Å². The summed E-state index contributed by atoms with van der Waals surface area (Å²) in [7, 11) is 4.00. The van der Waals surface area contributed by atoms with E-state index in [1.165, 1.54) is 0 Å². The van der Waals surface area contributed by atoms with Crippen molar-refractivity contribution in [3.63, 3.8) is 0 Å². The van der Waals surface area contributed by atoms with Gasteiger partial charge in [-0.2, -0.15) is 0 Å². The first-order chi connectivity index (χ1) is 14.0. The third-order valence-electron chi connectivity index (χ3n) is 4.61. The van der Waals surface area contributed by atoms with Crippen LogP contribution in [0, 0.1) is 0 Å². The Kier molecular flexibility index (Phi) is 9.02. The average Bonchev–Trinajstić information content (AvgIpc) is 2.74. The van der Waals surface area contributed by atoms with Crippen LogP contribution >= 0.6 is 0 Å². The lowest BCUT2D eigenvalue weighted by Crippen LogP contribution is -2.31. The molecule has 0 saturated heterocycles. The second-order valence-electron chi connectivity index (χ2n) is 7.06. The fourth-order valence-electron chi connectivity index (χ4n) is 2.86. The molecule has 0 bridgehead atoms. The standard InChI is InChI=1S/C23H31N3O3/c1-4-26(17-19-12-14-21(15-13-19)25(2)3)22(27)11-8-16-24-23(28)29-18-20-9-6-5-7-10-20/h5-7,9-10,12-15H,4,8,11,16-18H2,1-3H3,(H,24,28).